The minimum Gasteiger partial charge on any atom is -0.465 e. The van der Waals surface area contributed by atoms with Crippen LogP contribution in [0.25, 0.3) is 0 Å². The molecule has 3 rings (SSSR count). The molecule has 0 aliphatic carbocycles. The van der Waals surface area contributed by atoms with Gasteiger partial charge in [0.2, 0.25) is 0 Å². The molecule has 1 aliphatic heterocycles. The first-order valence-electron chi connectivity index (χ1n) is 9.24. The Morgan fingerprint density at radius 3 is 2.59 bits per heavy atom. The number of nitrogens with one attached hydrogen (secondary N) is 2. The summed E-state index contributed by atoms with van der Waals surface area (Å²) in [4.78, 5) is 16.8. The van der Waals surface area contributed by atoms with Crippen LogP contribution < -0.4 is 15.5 Å². The van der Waals surface area contributed by atoms with Gasteiger partial charge in [0.25, 0.3) is 0 Å². The van der Waals surface area contributed by atoms with E-state index < -0.39 is 0 Å². The van der Waals surface area contributed by atoms with Crippen molar-refractivity contribution in [3.05, 3.63) is 47.9 Å². The van der Waals surface area contributed by atoms with E-state index in [9.17, 15) is 4.79 Å². The fourth-order valence-electron chi connectivity index (χ4n) is 3.26. The Balaban J connectivity index is 1.65. The molecule has 0 radical (unpaired) electrons. The van der Waals surface area contributed by atoms with E-state index >= 15 is 0 Å². The predicted octanol–water partition coefficient (Wildman–Crippen LogP) is 2.85. The van der Waals surface area contributed by atoms with Crippen LogP contribution in [0.2, 0.25) is 0 Å². The van der Waals surface area contributed by atoms with E-state index in [1.165, 1.54) is 0 Å². The normalized spacial score (nSPS) is 16.0. The van der Waals surface area contributed by atoms with Gasteiger partial charge < -0.3 is 24.7 Å². The van der Waals surface area contributed by atoms with Gasteiger partial charge in [-0.25, -0.2) is 4.79 Å². The average molecular weight is 372 g/mol. The summed E-state index contributed by atoms with van der Waals surface area (Å²) in [6.45, 7) is 5.41. The summed E-state index contributed by atoms with van der Waals surface area (Å²) in [5.41, 5.74) is 1.73. The van der Waals surface area contributed by atoms with Crippen LogP contribution in [0.5, 0.6) is 0 Å². The van der Waals surface area contributed by atoms with E-state index in [-0.39, 0.29) is 12.1 Å². The molecule has 0 bridgehead atoms. The molecule has 2 N–H and O–H groups in total. The van der Waals surface area contributed by atoms with E-state index in [0.29, 0.717) is 19.8 Å². The molecule has 0 saturated carbocycles. The summed E-state index contributed by atoms with van der Waals surface area (Å²) in [5.74, 6) is 1.73. The second-order valence-electron chi connectivity index (χ2n) is 6.86. The summed E-state index contributed by atoms with van der Waals surface area (Å²) < 4.78 is 11.3. The highest BCUT2D eigenvalue weighted by Crippen LogP contribution is 2.25. The highest BCUT2D eigenvalue weighted by atomic mass is 16.5. The first kappa shape index (κ1) is 19.3. The zero-order chi connectivity index (χ0) is 19.2. The minimum atomic E-state index is -0.231. The highest BCUT2D eigenvalue weighted by Gasteiger charge is 2.25. The Kier molecular flexibility index (Phi) is 6.36. The monoisotopic (exact) mass is 372 g/mol. The largest absolute Gasteiger partial charge is 0.465 e. The number of hydrogen-bond donors (Lipinski definition) is 2. The van der Waals surface area contributed by atoms with Gasteiger partial charge in [0, 0.05) is 33.7 Å². The second kappa shape index (κ2) is 8.92. The average Bonchev–Trinajstić information content (AvgIpc) is 3.09. The summed E-state index contributed by atoms with van der Waals surface area (Å²) in [6, 6.07) is 11.4. The molecule has 0 spiro atoms. The summed E-state index contributed by atoms with van der Waals surface area (Å²) in [6.07, 6.45) is 0. The van der Waals surface area contributed by atoms with Gasteiger partial charge >= 0.3 is 6.03 Å². The number of ether oxygens (including phenoxy) is 1. The number of benzene rings is 1. The van der Waals surface area contributed by atoms with Crippen LogP contribution in [0, 0.1) is 6.92 Å². The van der Waals surface area contributed by atoms with Crippen molar-refractivity contribution in [1.82, 2.24) is 10.2 Å². The van der Waals surface area contributed by atoms with E-state index in [4.69, 9.17) is 9.15 Å². The second-order valence-corrected chi connectivity index (χ2v) is 6.86. The third-order valence-corrected chi connectivity index (χ3v) is 4.67. The van der Waals surface area contributed by atoms with Crippen molar-refractivity contribution in [2.24, 2.45) is 0 Å². The maximum atomic E-state index is 12.5. The van der Waals surface area contributed by atoms with Crippen molar-refractivity contribution in [3.8, 4) is 0 Å². The zero-order valence-corrected chi connectivity index (χ0v) is 16.2. The number of urea groups is 1. The number of rotatable bonds is 6. The minimum absolute atomic E-state index is 0.0163. The van der Waals surface area contributed by atoms with Crippen LogP contribution in [0.4, 0.5) is 16.2 Å². The third kappa shape index (κ3) is 5.02. The molecule has 2 heterocycles. The van der Waals surface area contributed by atoms with Crippen LogP contribution >= 0.6 is 0 Å². The molecule has 146 valence electrons. The van der Waals surface area contributed by atoms with Crippen molar-refractivity contribution in [2.45, 2.75) is 13.0 Å². The van der Waals surface area contributed by atoms with Gasteiger partial charge in [-0.15, -0.1) is 0 Å². The van der Waals surface area contributed by atoms with Gasteiger partial charge in [0.05, 0.1) is 30.6 Å². The molecule has 1 aliphatic rings. The molecule has 2 aromatic rings. The van der Waals surface area contributed by atoms with Crippen molar-refractivity contribution in [2.75, 3.05) is 57.2 Å². The lowest BCUT2D eigenvalue weighted by Gasteiger charge is -2.33. The fraction of sp³-hybridized carbons (Fsp3) is 0.450. The summed E-state index contributed by atoms with van der Waals surface area (Å²) >= 11 is 0. The summed E-state index contributed by atoms with van der Waals surface area (Å²) in [7, 11) is 3.90. The molecule has 1 saturated heterocycles. The maximum absolute atomic E-state index is 12.5. The van der Waals surface area contributed by atoms with Crippen LogP contribution in [-0.4, -0.2) is 57.9 Å². The molecule has 1 aromatic heterocycles. The molecule has 7 heteroatoms. The van der Waals surface area contributed by atoms with E-state index in [1.54, 1.807) is 0 Å². The predicted molar refractivity (Wildman–Crippen MR) is 106 cm³/mol. The molecule has 1 aromatic carbocycles. The van der Waals surface area contributed by atoms with Crippen molar-refractivity contribution < 1.29 is 13.9 Å². The zero-order valence-electron chi connectivity index (χ0n) is 16.2. The van der Waals surface area contributed by atoms with Crippen LogP contribution in [0.15, 0.2) is 40.8 Å². The van der Waals surface area contributed by atoms with Crippen molar-refractivity contribution in [1.29, 1.82) is 0 Å². The number of hydrogen-bond acceptors (Lipinski definition) is 5. The van der Waals surface area contributed by atoms with Gasteiger partial charge in [-0.3, -0.25) is 4.90 Å². The van der Waals surface area contributed by atoms with E-state index in [0.717, 1.165) is 36.0 Å². The number of carbonyl (C=O) groups is 1. The van der Waals surface area contributed by atoms with Crippen LogP contribution in [0.1, 0.15) is 17.6 Å². The molecule has 27 heavy (non-hydrogen) atoms. The molecule has 2 amide bonds. The number of carbonyl (C=O) groups excluding carboxylic acids is 1. The van der Waals surface area contributed by atoms with Gasteiger partial charge in [-0.05, 0) is 31.2 Å². The number of para-hydroxylation sites is 2. The number of amides is 2. The van der Waals surface area contributed by atoms with Gasteiger partial charge in [-0.2, -0.15) is 0 Å². The van der Waals surface area contributed by atoms with Gasteiger partial charge in [-0.1, -0.05) is 12.1 Å². The lowest BCUT2D eigenvalue weighted by Crippen LogP contribution is -2.44. The number of anilines is 2. The third-order valence-electron chi connectivity index (χ3n) is 4.67. The van der Waals surface area contributed by atoms with E-state index in [2.05, 4.69) is 15.5 Å². The number of furan rings is 1. The Labute approximate surface area is 160 Å². The highest BCUT2D eigenvalue weighted by molar-refractivity contribution is 5.93. The first-order valence-corrected chi connectivity index (χ1v) is 9.24. The summed E-state index contributed by atoms with van der Waals surface area (Å²) in [5, 5.41) is 5.93. The smallest absolute Gasteiger partial charge is 0.319 e. The first-order chi connectivity index (χ1) is 13.0. The topological polar surface area (TPSA) is 70.0 Å². The lowest BCUT2D eigenvalue weighted by atomic mass is 10.1. The number of nitrogens with zero attached hydrogens (tertiary/aromatic N) is 2. The van der Waals surface area contributed by atoms with Crippen LogP contribution in [-0.2, 0) is 4.74 Å². The Morgan fingerprint density at radius 2 is 1.93 bits per heavy atom. The number of morpholine rings is 1. The standard InChI is InChI=1S/C20H28N4O3/c1-15-8-9-19(27-15)18(24-10-12-26-13-11-24)14-21-20(25)22-16-6-4-5-7-17(16)23(2)3/h4-9,18H,10-14H2,1-3H3,(H2,21,22,25). The lowest BCUT2D eigenvalue weighted by molar-refractivity contribution is 0.0122. The molecular weight excluding hydrogens is 344 g/mol. The molecule has 1 fully saturated rings. The molecule has 1 atom stereocenters. The fourth-order valence-corrected chi connectivity index (χ4v) is 3.26. The molecule has 7 nitrogen and oxygen atoms in total. The van der Waals surface area contributed by atoms with E-state index in [1.807, 2.05) is 62.3 Å². The van der Waals surface area contributed by atoms with Crippen molar-refractivity contribution >= 4 is 17.4 Å². The Bertz CT molecular complexity index is 753. The Hall–Kier alpha value is -2.51. The maximum Gasteiger partial charge on any atom is 0.319 e. The number of aryl methyl sites for hydroxylation is 1. The quantitative estimate of drug-likeness (QED) is 0.816. The van der Waals surface area contributed by atoms with Gasteiger partial charge in [0.15, 0.2) is 0 Å². The Morgan fingerprint density at radius 1 is 1.19 bits per heavy atom. The molecular formula is C20H28N4O3. The SMILES string of the molecule is Cc1ccc(C(CNC(=O)Nc2ccccc2N(C)C)N2CCOCC2)o1. The van der Waals surface area contributed by atoms with Crippen molar-refractivity contribution in [3.63, 3.8) is 0 Å². The van der Waals surface area contributed by atoms with Crippen LogP contribution in [0.3, 0.4) is 0 Å². The van der Waals surface area contributed by atoms with Gasteiger partial charge in [0.1, 0.15) is 11.5 Å². The molecule has 1 unspecified atom stereocenters.